The van der Waals surface area contributed by atoms with Crippen LogP contribution in [0.5, 0.6) is 0 Å². The number of urea groups is 1. The Bertz CT molecular complexity index is 1030. The number of benzene rings is 1. The van der Waals surface area contributed by atoms with Crippen molar-refractivity contribution in [2.45, 2.75) is 37.1 Å². The molecule has 2 aromatic rings. The number of carbonyl (C=O) groups excluding carboxylic acids is 3. The molecule has 1 saturated heterocycles. The molecule has 142 valence electrons. The van der Waals surface area contributed by atoms with E-state index in [9.17, 15) is 14.4 Å². The number of pyridine rings is 1. The molecule has 1 aromatic carbocycles. The third-order valence-electron chi connectivity index (χ3n) is 5.83. The lowest BCUT2D eigenvalue weighted by atomic mass is 9.65. The summed E-state index contributed by atoms with van der Waals surface area (Å²) in [6, 6.07) is 7.07. The third-order valence-corrected chi connectivity index (χ3v) is 6.17. The molecule has 5 rings (SSSR count). The molecule has 1 aromatic heterocycles. The molecular weight excluding hydrogens is 380 g/mol. The molecule has 2 fully saturated rings. The van der Waals surface area contributed by atoms with Gasteiger partial charge in [0.15, 0.2) is 0 Å². The Morgan fingerprint density at radius 1 is 1.11 bits per heavy atom. The molecule has 1 saturated carbocycles. The van der Waals surface area contributed by atoms with Gasteiger partial charge in [0.25, 0.3) is 5.91 Å². The Labute approximate surface area is 166 Å². The van der Waals surface area contributed by atoms with Crippen molar-refractivity contribution in [3.8, 4) is 0 Å². The van der Waals surface area contributed by atoms with Crippen molar-refractivity contribution in [1.29, 1.82) is 0 Å². The van der Waals surface area contributed by atoms with E-state index in [-0.39, 0.29) is 17.7 Å². The maximum absolute atomic E-state index is 13.2. The van der Waals surface area contributed by atoms with Crippen LogP contribution in [0.1, 0.15) is 36.3 Å². The van der Waals surface area contributed by atoms with Crippen molar-refractivity contribution in [2.24, 2.45) is 0 Å². The second-order valence-electron chi connectivity index (χ2n) is 7.52. The average molecular weight is 397 g/mol. The number of anilines is 2. The van der Waals surface area contributed by atoms with Crippen molar-refractivity contribution < 1.29 is 14.4 Å². The van der Waals surface area contributed by atoms with Crippen LogP contribution < -0.4 is 15.5 Å². The highest BCUT2D eigenvalue weighted by atomic mass is 35.5. The summed E-state index contributed by atoms with van der Waals surface area (Å²) >= 11 is 6.28. The molecule has 3 heterocycles. The van der Waals surface area contributed by atoms with Crippen molar-refractivity contribution in [3.05, 3.63) is 52.8 Å². The van der Waals surface area contributed by atoms with Gasteiger partial charge in [-0.1, -0.05) is 29.8 Å². The predicted octanol–water partition coefficient (Wildman–Crippen LogP) is 2.99. The molecular formula is C20H17ClN4O3. The van der Waals surface area contributed by atoms with E-state index in [1.807, 2.05) is 24.3 Å². The number of rotatable bonds is 2. The summed E-state index contributed by atoms with van der Waals surface area (Å²) in [5.74, 6) is -0.333. The number of aromatic nitrogens is 1. The van der Waals surface area contributed by atoms with E-state index < -0.39 is 11.6 Å². The van der Waals surface area contributed by atoms with Crippen molar-refractivity contribution in [2.75, 3.05) is 10.2 Å². The zero-order valence-electron chi connectivity index (χ0n) is 14.9. The van der Waals surface area contributed by atoms with Crippen LogP contribution in [0, 0.1) is 0 Å². The Morgan fingerprint density at radius 3 is 2.68 bits per heavy atom. The summed E-state index contributed by atoms with van der Waals surface area (Å²) in [6.45, 7) is 0. The summed E-state index contributed by atoms with van der Waals surface area (Å²) in [5, 5.41) is 6.30. The second kappa shape index (κ2) is 6.04. The molecule has 7 nitrogen and oxygen atoms in total. The fraction of sp³-hybridized carbons (Fsp3) is 0.300. The summed E-state index contributed by atoms with van der Waals surface area (Å²) in [6.07, 6.45) is 4.99. The maximum atomic E-state index is 13.2. The lowest BCUT2D eigenvalue weighted by molar-refractivity contribution is -0.125. The zero-order chi connectivity index (χ0) is 19.5. The van der Waals surface area contributed by atoms with Crippen LogP contribution in [0.15, 0.2) is 36.7 Å². The van der Waals surface area contributed by atoms with Gasteiger partial charge in [-0.25, -0.2) is 9.69 Å². The molecule has 0 bridgehead atoms. The zero-order valence-corrected chi connectivity index (χ0v) is 15.6. The molecule has 28 heavy (non-hydrogen) atoms. The number of fused-ring (bicyclic) bond motifs is 1. The molecule has 0 atom stereocenters. The minimum absolute atomic E-state index is 0.111. The first-order valence-corrected chi connectivity index (χ1v) is 9.54. The van der Waals surface area contributed by atoms with E-state index in [1.165, 1.54) is 6.20 Å². The van der Waals surface area contributed by atoms with Gasteiger partial charge < -0.3 is 10.6 Å². The van der Waals surface area contributed by atoms with Gasteiger partial charge in [-0.3, -0.25) is 14.6 Å². The van der Waals surface area contributed by atoms with Gasteiger partial charge in [0.2, 0.25) is 5.91 Å². The van der Waals surface area contributed by atoms with E-state index in [0.29, 0.717) is 42.1 Å². The number of aryl methyl sites for hydroxylation is 1. The summed E-state index contributed by atoms with van der Waals surface area (Å²) in [7, 11) is 0. The van der Waals surface area contributed by atoms with Crippen LogP contribution >= 0.6 is 11.6 Å². The fourth-order valence-corrected chi connectivity index (χ4v) is 4.66. The van der Waals surface area contributed by atoms with Crippen molar-refractivity contribution in [1.82, 2.24) is 10.3 Å². The standard InChI is InChI=1S/C20H17ClN4O3/c21-14-4-2-1-3-13(14)12-7-20(8-12)18(27)25(19(28)24-20)15-10-22-9-11-5-6-16(26)23-17(11)15/h1-4,9-10,12H,5-8H2,(H,23,26)(H,24,28). The number of nitrogens with zero attached hydrogens (tertiary/aromatic N) is 2. The molecule has 2 aliphatic heterocycles. The smallest absolute Gasteiger partial charge is 0.324 e. The van der Waals surface area contributed by atoms with Crippen molar-refractivity contribution >= 4 is 40.8 Å². The van der Waals surface area contributed by atoms with E-state index in [0.717, 1.165) is 16.0 Å². The summed E-state index contributed by atoms with van der Waals surface area (Å²) < 4.78 is 0. The molecule has 1 spiro atoms. The van der Waals surface area contributed by atoms with Gasteiger partial charge in [0.1, 0.15) is 5.54 Å². The normalized spacial score (nSPS) is 26.0. The lowest BCUT2D eigenvalue weighted by Crippen LogP contribution is -2.56. The molecule has 0 radical (unpaired) electrons. The van der Waals surface area contributed by atoms with Gasteiger partial charge in [-0.05, 0) is 42.4 Å². The number of hydrogen-bond donors (Lipinski definition) is 2. The Kier molecular flexibility index (Phi) is 3.71. The first-order valence-electron chi connectivity index (χ1n) is 9.16. The van der Waals surface area contributed by atoms with Gasteiger partial charge in [-0.2, -0.15) is 0 Å². The number of imide groups is 1. The summed E-state index contributed by atoms with van der Waals surface area (Å²) in [4.78, 5) is 43.0. The lowest BCUT2D eigenvalue weighted by Gasteiger charge is -2.43. The number of amides is 4. The van der Waals surface area contributed by atoms with Crippen LogP contribution in [0.3, 0.4) is 0 Å². The molecule has 2 N–H and O–H groups in total. The molecule has 0 unspecified atom stereocenters. The monoisotopic (exact) mass is 396 g/mol. The number of halogens is 1. The van der Waals surface area contributed by atoms with Crippen LogP contribution in [-0.4, -0.2) is 28.4 Å². The summed E-state index contributed by atoms with van der Waals surface area (Å²) in [5.41, 5.74) is 1.70. The average Bonchev–Trinajstić information content (AvgIpc) is 2.91. The largest absolute Gasteiger partial charge is 0.329 e. The van der Waals surface area contributed by atoms with Gasteiger partial charge in [-0.15, -0.1) is 0 Å². The Balaban J connectivity index is 1.44. The highest BCUT2D eigenvalue weighted by Crippen LogP contribution is 2.50. The maximum Gasteiger partial charge on any atom is 0.329 e. The highest BCUT2D eigenvalue weighted by molar-refractivity contribution is 6.31. The molecule has 4 amide bonds. The number of hydrogen-bond acceptors (Lipinski definition) is 4. The molecule has 8 heteroatoms. The van der Waals surface area contributed by atoms with E-state index in [2.05, 4.69) is 15.6 Å². The van der Waals surface area contributed by atoms with Crippen molar-refractivity contribution in [3.63, 3.8) is 0 Å². The highest BCUT2D eigenvalue weighted by Gasteiger charge is 2.59. The number of nitrogens with one attached hydrogen (secondary N) is 2. The second-order valence-corrected chi connectivity index (χ2v) is 7.93. The predicted molar refractivity (Wildman–Crippen MR) is 103 cm³/mol. The Morgan fingerprint density at radius 2 is 1.89 bits per heavy atom. The quantitative estimate of drug-likeness (QED) is 0.763. The van der Waals surface area contributed by atoms with E-state index in [4.69, 9.17) is 11.6 Å². The minimum atomic E-state index is -0.928. The van der Waals surface area contributed by atoms with Crippen LogP contribution in [-0.2, 0) is 16.0 Å². The Hall–Kier alpha value is -2.93. The number of carbonyl (C=O) groups is 3. The van der Waals surface area contributed by atoms with E-state index >= 15 is 0 Å². The third kappa shape index (κ3) is 2.43. The van der Waals surface area contributed by atoms with Crippen LogP contribution in [0.2, 0.25) is 5.02 Å². The minimum Gasteiger partial charge on any atom is -0.324 e. The first kappa shape index (κ1) is 17.2. The van der Waals surface area contributed by atoms with Gasteiger partial charge in [0, 0.05) is 17.6 Å². The fourth-order valence-electron chi connectivity index (χ4n) is 4.37. The van der Waals surface area contributed by atoms with Gasteiger partial charge >= 0.3 is 6.03 Å². The first-order chi connectivity index (χ1) is 13.5. The van der Waals surface area contributed by atoms with Crippen LogP contribution in [0.25, 0.3) is 0 Å². The molecule has 3 aliphatic rings. The van der Waals surface area contributed by atoms with Crippen LogP contribution in [0.4, 0.5) is 16.2 Å². The van der Waals surface area contributed by atoms with E-state index in [1.54, 1.807) is 6.20 Å². The SMILES string of the molecule is O=C1CCc2cncc(N3C(=O)NC4(CC(c5ccccc5Cl)C4)C3=O)c2N1. The molecule has 1 aliphatic carbocycles. The topological polar surface area (TPSA) is 91.4 Å². The van der Waals surface area contributed by atoms with Gasteiger partial charge in [0.05, 0.1) is 17.6 Å².